The smallest absolute Gasteiger partial charge is 0.222 e. The van der Waals surface area contributed by atoms with Crippen LogP contribution < -0.4 is 9.47 Å². The van der Waals surface area contributed by atoms with Crippen LogP contribution in [0.3, 0.4) is 0 Å². The van der Waals surface area contributed by atoms with Crippen molar-refractivity contribution in [3.05, 3.63) is 29.2 Å². The molecular weight excluding hydrogens is 201 g/mol. The highest BCUT2D eigenvalue weighted by Gasteiger charge is 2.01. The van der Waals surface area contributed by atoms with Gasteiger partial charge < -0.3 is 14.7 Å². The summed E-state index contributed by atoms with van der Waals surface area (Å²) >= 11 is 0. The molecule has 0 atom stereocenters. The Labute approximate surface area is 87.8 Å². The largest absolute Gasteiger partial charge is 0.618 e. The maximum atomic E-state index is 11.6. The van der Waals surface area contributed by atoms with Gasteiger partial charge in [0.2, 0.25) is 6.20 Å². The minimum absolute atomic E-state index is 0.0822. The fraction of sp³-hybridized carbons (Fsp3) is 0.500. The summed E-state index contributed by atoms with van der Waals surface area (Å²) in [4.78, 5) is 0. The number of hydrogen-bond acceptors (Lipinski definition) is 3. The van der Waals surface area contributed by atoms with Gasteiger partial charge in [0.15, 0.2) is 11.4 Å². The molecule has 0 fully saturated rings. The number of aromatic nitrogens is 1. The van der Waals surface area contributed by atoms with Crippen LogP contribution in [-0.4, -0.2) is 26.5 Å². The minimum atomic E-state index is -0.495. The topological polar surface area (TPSA) is 45.4 Å². The van der Waals surface area contributed by atoms with Crippen molar-refractivity contribution < 1.29 is 18.6 Å². The standard InChI is InChI=1S/C10H14FNO3/c1-9-2-3-10(8-12(9)13)15-7-6-14-5-4-11/h2-3,8H,4-7H2,1H3. The SMILES string of the molecule is Cc1ccc(OCCOCCF)c[n+]1[O-]. The average Bonchev–Trinajstić information content (AvgIpc) is 2.23. The van der Waals surface area contributed by atoms with Crippen molar-refractivity contribution in [3.8, 4) is 5.75 Å². The lowest BCUT2D eigenvalue weighted by Gasteiger charge is -2.06. The van der Waals surface area contributed by atoms with E-state index in [1.807, 2.05) is 0 Å². The molecular formula is C10H14FNO3. The molecule has 0 bridgehead atoms. The van der Waals surface area contributed by atoms with E-state index in [0.717, 1.165) is 4.73 Å². The second-order valence-corrected chi connectivity index (χ2v) is 2.98. The molecule has 1 aromatic rings. The summed E-state index contributed by atoms with van der Waals surface area (Å²) < 4.78 is 22.5. The Balaban J connectivity index is 2.28. The second kappa shape index (κ2) is 6.19. The van der Waals surface area contributed by atoms with E-state index in [1.54, 1.807) is 19.1 Å². The van der Waals surface area contributed by atoms with E-state index in [9.17, 15) is 9.60 Å². The molecule has 0 aromatic carbocycles. The zero-order valence-corrected chi connectivity index (χ0v) is 8.61. The molecule has 4 nitrogen and oxygen atoms in total. The molecule has 1 rings (SSSR count). The Kier molecular flexibility index (Phi) is 4.83. The monoisotopic (exact) mass is 215 g/mol. The molecule has 0 amide bonds. The van der Waals surface area contributed by atoms with Gasteiger partial charge in [0.1, 0.15) is 13.3 Å². The quantitative estimate of drug-likeness (QED) is 0.404. The summed E-state index contributed by atoms with van der Waals surface area (Å²) in [6, 6.07) is 3.38. The van der Waals surface area contributed by atoms with Crippen LogP contribution in [0.2, 0.25) is 0 Å². The Morgan fingerprint density at radius 2 is 2.13 bits per heavy atom. The number of aryl methyl sites for hydroxylation is 1. The maximum absolute atomic E-state index is 11.6. The van der Waals surface area contributed by atoms with Crippen molar-refractivity contribution >= 4 is 0 Å². The van der Waals surface area contributed by atoms with Gasteiger partial charge >= 0.3 is 0 Å². The molecule has 0 saturated heterocycles. The molecule has 84 valence electrons. The zero-order valence-electron chi connectivity index (χ0n) is 8.61. The number of alkyl halides is 1. The fourth-order valence-corrected chi connectivity index (χ4v) is 0.997. The molecule has 1 heterocycles. The number of hydrogen-bond donors (Lipinski definition) is 0. The number of ether oxygens (including phenoxy) is 2. The van der Waals surface area contributed by atoms with E-state index in [0.29, 0.717) is 24.7 Å². The molecule has 0 aliphatic carbocycles. The highest BCUT2D eigenvalue weighted by Crippen LogP contribution is 2.06. The van der Waals surface area contributed by atoms with Crippen molar-refractivity contribution in [2.24, 2.45) is 0 Å². The lowest BCUT2D eigenvalue weighted by molar-refractivity contribution is -0.612. The average molecular weight is 215 g/mol. The predicted molar refractivity (Wildman–Crippen MR) is 52.4 cm³/mol. The summed E-state index contributed by atoms with van der Waals surface area (Å²) in [5.74, 6) is 0.486. The van der Waals surface area contributed by atoms with Crippen LogP contribution in [0.5, 0.6) is 5.75 Å². The second-order valence-electron chi connectivity index (χ2n) is 2.98. The van der Waals surface area contributed by atoms with Crippen LogP contribution in [-0.2, 0) is 4.74 Å². The van der Waals surface area contributed by atoms with E-state index in [4.69, 9.17) is 9.47 Å². The molecule has 0 unspecified atom stereocenters. The lowest BCUT2D eigenvalue weighted by Crippen LogP contribution is -2.29. The first kappa shape index (κ1) is 11.7. The Morgan fingerprint density at radius 1 is 1.33 bits per heavy atom. The zero-order chi connectivity index (χ0) is 11.1. The molecule has 0 N–H and O–H groups in total. The third kappa shape index (κ3) is 4.12. The summed E-state index contributed by atoms with van der Waals surface area (Å²) in [6.45, 7) is 1.92. The van der Waals surface area contributed by atoms with Gasteiger partial charge in [-0.2, -0.15) is 4.73 Å². The Bertz CT molecular complexity index is 307. The Hall–Kier alpha value is -1.36. The van der Waals surface area contributed by atoms with Gasteiger partial charge in [-0.3, -0.25) is 0 Å². The minimum Gasteiger partial charge on any atom is -0.618 e. The summed E-state index contributed by atoms with van der Waals surface area (Å²) in [6.07, 6.45) is 1.35. The van der Waals surface area contributed by atoms with Gasteiger partial charge in [0.25, 0.3) is 0 Å². The highest BCUT2D eigenvalue weighted by atomic mass is 19.1. The molecule has 15 heavy (non-hydrogen) atoms. The van der Waals surface area contributed by atoms with Crippen LogP contribution in [0.4, 0.5) is 4.39 Å². The first-order chi connectivity index (χ1) is 7.24. The van der Waals surface area contributed by atoms with Crippen molar-refractivity contribution in [1.29, 1.82) is 0 Å². The first-order valence-electron chi connectivity index (χ1n) is 4.70. The predicted octanol–water partition coefficient (Wildman–Crippen LogP) is 0.993. The van der Waals surface area contributed by atoms with Crippen molar-refractivity contribution in [2.45, 2.75) is 6.92 Å². The molecule has 0 aliphatic rings. The number of rotatable bonds is 6. The number of pyridine rings is 1. The number of nitrogens with zero attached hydrogens (tertiary/aromatic N) is 1. The molecule has 0 spiro atoms. The first-order valence-corrected chi connectivity index (χ1v) is 4.70. The van der Waals surface area contributed by atoms with E-state index in [1.165, 1.54) is 6.20 Å². The lowest BCUT2D eigenvalue weighted by atomic mass is 10.4. The van der Waals surface area contributed by atoms with Crippen molar-refractivity contribution in [3.63, 3.8) is 0 Å². The normalized spacial score (nSPS) is 10.3. The molecule has 5 heteroatoms. The number of halogens is 1. The van der Waals surface area contributed by atoms with Gasteiger partial charge in [0.05, 0.1) is 13.2 Å². The van der Waals surface area contributed by atoms with Gasteiger partial charge in [-0.25, -0.2) is 4.39 Å². The fourth-order valence-electron chi connectivity index (χ4n) is 0.997. The van der Waals surface area contributed by atoms with Crippen LogP contribution in [0.15, 0.2) is 18.3 Å². The van der Waals surface area contributed by atoms with E-state index in [2.05, 4.69) is 0 Å². The van der Waals surface area contributed by atoms with Gasteiger partial charge in [-0.1, -0.05) is 0 Å². The summed E-state index contributed by atoms with van der Waals surface area (Å²) in [5.41, 5.74) is 0.607. The highest BCUT2D eigenvalue weighted by molar-refractivity contribution is 5.15. The van der Waals surface area contributed by atoms with Crippen LogP contribution >= 0.6 is 0 Å². The maximum Gasteiger partial charge on any atom is 0.222 e. The van der Waals surface area contributed by atoms with Gasteiger partial charge in [0, 0.05) is 13.0 Å². The van der Waals surface area contributed by atoms with Gasteiger partial charge in [-0.15, -0.1) is 0 Å². The van der Waals surface area contributed by atoms with Crippen LogP contribution in [0, 0.1) is 12.1 Å². The molecule has 0 saturated carbocycles. The molecule has 1 aromatic heterocycles. The van der Waals surface area contributed by atoms with Crippen molar-refractivity contribution in [1.82, 2.24) is 0 Å². The van der Waals surface area contributed by atoms with Gasteiger partial charge in [-0.05, 0) is 6.07 Å². The summed E-state index contributed by atoms with van der Waals surface area (Å²) in [7, 11) is 0. The van der Waals surface area contributed by atoms with Crippen LogP contribution in [0.25, 0.3) is 0 Å². The Morgan fingerprint density at radius 3 is 2.80 bits per heavy atom. The molecule has 0 aliphatic heterocycles. The third-order valence-electron chi connectivity index (χ3n) is 1.80. The van der Waals surface area contributed by atoms with E-state index < -0.39 is 6.67 Å². The van der Waals surface area contributed by atoms with Crippen molar-refractivity contribution in [2.75, 3.05) is 26.5 Å². The third-order valence-corrected chi connectivity index (χ3v) is 1.80. The van der Waals surface area contributed by atoms with E-state index in [-0.39, 0.29) is 6.61 Å². The van der Waals surface area contributed by atoms with E-state index >= 15 is 0 Å². The molecule has 0 radical (unpaired) electrons. The van der Waals surface area contributed by atoms with Crippen LogP contribution in [0.1, 0.15) is 5.69 Å². The summed E-state index contributed by atoms with van der Waals surface area (Å²) in [5, 5.41) is 11.1.